The van der Waals surface area contributed by atoms with Crippen LogP contribution >= 0.6 is 0 Å². The van der Waals surface area contributed by atoms with Crippen molar-refractivity contribution in [1.82, 2.24) is 14.7 Å². The van der Waals surface area contributed by atoms with Crippen molar-refractivity contribution in [3.05, 3.63) is 41.1 Å². The lowest BCUT2D eigenvalue weighted by atomic mass is 9.92. The Morgan fingerprint density at radius 1 is 1.00 bits per heavy atom. The maximum absolute atomic E-state index is 12.9. The van der Waals surface area contributed by atoms with E-state index in [9.17, 15) is 9.59 Å². The summed E-state index contributed by atoms with van der Waals surface area (Å²) in [6.45, 7) is 20.1. The van der Waals surface area contributed by atoms with Crippen molar-refractivity contribution in [2.45, 2.75) is 86.2 Å². The normalized spacial score (nSPS) is 12.1. The highest BCUT2D eigenvalue weighted by molar-refractivity contribution is 5.96. The van der Waals surface area contributed by atoms with Crippen LogP contribution in [-0.4, -0.2) is 39.2 Å². The van der Waals surface area contributed by atoms with E-state index >= 15 is 0 Å². The third kappa shape index (κ3) is 6.34. The number of aryl methyl sites for hydroxylation is 2. The highest BCUT2D eigenvalue weighted by Crippen LogP contribution is 2.28. The minimum absolute atomic E-state index is 0.0610. The van der Waals surface area contributed by atoms with E-state index in [0.717, 1.165) is 16.8 Å². The summed E-state index contributed by atoms with van der Waals surface area (Å²) in [4.78, 5) is 27.4. The van der Waals surface area contributed by atoms with Gasteiger partial charge in [-0.25, -0.2) is 9.48 Å². The highest BCUT2D eigenvalue weighted by Gasteiger charge is 2.27. The lowest BCUT2D eigenvalue weighted by Crippen LogP contribution is -2.45. The van der Waals surface area contributed by atoms with Crippen LogP contribution in [0.5, 0.6) is 0 Å². The maximum atomic E-state index is 12.9. The topological polar surface area (TPSA) is 79.3 Å². The van der Waals surface area contributed by atoms with Crippen molar-refractivity contribution in [3.63, 3.8) is 0 Å². The molecule has 0 bridgehead atoms. The molecule has 3 amide bonds. The van der Waals surface area contributed by atoms with E-state index in [0.29, 0.717) is 11.5 Å². The fraction of sp³-hybridized carbons (Fsp3) is 0.560. The number of nitrogens with one attached hydrogen (secondary N) is 2. The number of carbonyl (C=O) groups excluding carboxylic acids is 2. The molecule has 1 aromatic heterocycles. The second-order valence-electron chi connectivity index (χ2n) is 10.7. The van der Waals surface area contributed by atoms with Crippen molar-refractivity contribution in [3.8, 4) is 0 Å². The number of nitrogens with zero attached hydrogens (tertiary/aromatic N) is 3. The molecule has 0 fully saturated rings. The molecule has 0 aliphatic carbocycles. The average molecular weight is 442 g/mol. The van der Waals surface area contributed by atoms with Crippen LogP contribution < -0.4 is 10.6 Å². The van der Waals surface area contributed by atoms with Gasteiger partial charge in [-0.2, -0.15) is 5.10 Å². The highest BCUT2D eigenvalue weighted by atomic mass is 16.2. The fourth-order valence-corrected chi connectivity index (χ4v) is 3.19. The van der Waals surface area contributed by atoms with Gasteiger partial charge in [0.25, 0.3) is 0 Å². The van der Waals surface area contributed by atoms with Gasteiger partial charge in [-0.15, -0.1) is 0 Å². The predicted octanol–water partition coefficient (Wildman–Crippen LogP) is 5.43. The van der Waals surface area contributed by atoms with Gasteiger partial charge < -0.3 is 15.5 Å². The Balaban J connectivity index is 2.19. The Morgan fingerprint density at radius 2 is 1.62 bits per heavy atom. The van der Waals surface area contributed by atoms with E-state index < -0.39 is 0 Å². The van der Waals surface area contributed by atoms with E-state index in [1.807, 2.05) is 77.4 Å². The molecule has 0 radical (unpaired) electrons. The Bertz CT molecular complexity index is 977. The standard InChI is InChI=1S/C25H39N5O2/c1-16(2)29(23(32)26-19-12-11-17(3)18(4)13-19)15-22(31)27-21-14-20(24(5,6)7)28-30(21)25(8,9)10/h11-14,16H,15H2,1-10H3,(H,26,32)(H,27,31). The molecule has 0 atom stereocenters. The third-order valence-corrected chi connectivity index (χ3v) is 5.34. The van der Waals surface area contributed by atoms with Gasteiger partial charge in [0.15, 0.2) is 0 Å². The van der Waals surface area contributed by atoms with Gasteiger partial charge in [-0.3, -0.25) is 4.79 Å². The van der Waals surface area contributed by atoms with Crippen LogP contribution in [0.2, 0.25) is 0 Å². The molecule has 1 heterocycles. The van der Waals surface area contributed by atoms with Gasteiger partial charge in [0, 0.05) is 23.2 Å². The second-order valence-corrected chi connectivity index (χ2v) is 10.7. The summed E-state index contributed by atoms with van der Waals surface area (Å²) in [6.07, 6.45) is 0. The lowest BCUT2D eigenvalue weighted by molar-refractivity contribution is -0.117. The van der Waals surface area contributed by atoms with Crippen LogP contribution in [0.15, 0.2) is 24.3 Å². The van der Waals surface area contributed by atoms with Crippen LogP contribution in [0.3, 0.4) is 0 Å². The zero-order valence-corrected chi connectivity index (χ0v) is 21.3. The summed E-state index contributed by atoms with van der Waals surface area (Å²) in [5.41, 5.74) is 3.42. The molecule has 0 unspecified atom stereocenters. The van der Waals surface area contributed by atoms with Crippen molar-refractivity contribution < 1.29 is 9.59 Å². The maximum Gasteiger partial charge on any atom is 0.322 e. The molecule has 7 nitrogen and oxygen atoms in total. The summed E-state index contributed by atoms with van der Waals surface area (Å²) in [6, 6.07) is 7.23. The first-order valence-corrected chi connectivity index (χ1v) is 11.2. The number of hydrogen-bond donors (Lipinski definition) is 2. The summed E-state index contributed by atoms with van der Waals surface area (Å²) < 4.78 is 1.83. The molecule has 0 aliphatic heterocycles. The minimum Gasteiger partial charge on any atom is -0.313 e. The molecule has 0 saturated heterocycles. The molecular formula is C25H39N5O2. The Kier molecular flexibility index (Phi) is 7.43. The summed E-state index contributed by atoms with van der Waals surface area (Å²) in [5, 5.41) is 10.6. The fourth-order valence-electron chi connectivity index (χ4n) is 3.19. The third-order valence-electron chi connectivity index (χ3n) is 5.34. The molecule has 2 aromatic rings. The van der Waals surface area contributed by atoms with Gasteiger partial charge >= 0.3 is 6.03 Å². The number of urea groups is 1. The first kappa shape index (κ1) is 25.4. The van der Waals surface area contributed by atoms with Crippen molar-refractivity contribution in [2.75, 3.05) is 17.2 Å². The summed E-state index contributed by atoms with van der Waals surface area (Å²) >= 11 is 0. The first-order chi connectivity index (χ1) is 14.6. The first-order valence-electron chi connectivity index (χ1n) is 11.2. The van der Waals surface area contributed by atoms with E-state index in [1.54, 1.807) is 0 Å². The molecule has 0 spiro atoms. The van der Waals surface area contributed by atoms with Crippen LogP contribution in [0.25, 0.3) is 0 Å². The van der Waals surface area contributed by atoms with Crippen LogP contribution in [0, 0.1) is 13.8 Å². The number of hydrogen-bond acceptors (Lipinski definition) is 3. The van der Waals surface area contributed by atoms with Gasteiger partial charge in [-0.1, -0.05) is 26.8 Å². The largest absolute Gasteiger partial charge is 0.322 e. The Labute approximate surface area is 192 Å². The molecule has 176 valence electrons. The Hall–Kier alpha value is -2.83. The zero-order valence-electron chi connectivity index (χ0n) is 21.3. The minimum atomic E-state index is -0.307. The number of benzene rings is 1. The second kappa shape index (κ2) is 9.35. The van der Waals surface area contributed by atoms with Gasteiger partial charge in [-0.05, 0) is 71.7 Å². The average Bonchev–Trinajstić information content (AvgIpc) is 3.07. The van der Waals surface area contributed by atoms with E-state index in [4.69, 9.17) is 5.10 Å². The molecule has 7 heteroatoms. The molecular weight excluding hydrogens is 402 g/mol. The summed E-state index contributed by atoms with van der Waals surface area (Å²) in [5.74, 6) is 0.366. The van der Waals surface area contributed by atoms with E-state index in [1.165, 1.54) is 4.90 Å². The van der Waals surface area contributed by atoms with Gasteiger partial charge in [0.2, 0.25) is 5.91 Å². The molecule has 2 N–H and O–H groups in total. The van der Waals surface area contributed by atoms with E-state index in [2.05, 4.69) is 31.4 Å². The van der Waals surface area contributed by atoms with Crippen molar-refractivity contribution in [1.29, 1.82) is 0 Å². The quantitative estimate of drug-likeness (QED) is 0.649. The van der Waals surface area contributed by atoms with Crippen molar-refractivity contribution in [2.24, 2.45) is 0 Å². The smallest absolute Gasteiger partial charge is 0.313 e. The number of carbonyl (C=O) groups is 2. The molecule has 0 aliphatic rings. The van der Waals surface area contributed by atoms with Crippen molar-refractivity contribution >= 4 is 23.4 Å². The van der Waals surface area contributed by atoms with Gasteiger partial charge in [0.1, 0.15) is 12.4 Å². The lowest BCUT2D eigenvalue weighted by Gasteiger charge is -2.27. The summed E-state index contributed by atoms with van der Waals surface area (Å²) in [7, 11) is 0. The molecule has 1 aromatic carbocycles. The molecule has 32 heavy (non-hydrogen) atoms. The number of aromatic nitrogens is 2. The zero-order chi connectivity index (χ0) is 24.4. The Morgan fingerprint density at radius 3 is 2.12 bits per heavy atom. The van der Waals surface area contributed by atoms with E-state index in [-0.39, 0.29) is 35.5 Å². The number of anilines is 2. The number of amides is 3. The van der Waals surface area contributed by atoms with Crippen LogP contribution in [0.1, 0.15) is 72.2 Å². The molecule has 0 saturated carbocycles. The SMILES string of the molecule is Cc1ccc(NC(=O)N(CC(=O)Nc2cc(C(C)(C)C)nn2C(C)(C)C)C(C)C)cc1C. The van der Waals surface area contributed by atoms with Crippen LogP contribution in [-0.2, 0) is 15.7 Å². The monoisotopic (exact) mass is 441 g/mol. The van der Waals surface area contributed by atoms with Gasteiger partial charge in [0.05, 0.1) is 11.2 Å². The number of rotatable bonds is 5. The predicted molar refractivity (Wildman–Crippen MR) is 131 cm³/mol. The molecule has 2 rings (SSSR count). The van der Waals surface area contributed by atoms with Crippen LogP contribution in [0.4, 0.5) is 16.3 Å².